The van der Waals surface area contributed by atoms with Gasteiger partial charge in [-0.2, -0.15) is 13.2 Å². The summed E-state index contributed by atoms with van der Waals surface area (Å²) in [6.07, 6.45) is -0.415. The highest BCUT2D eigenvalue weighted by Gasteiger charge is 2.44. The predicted molar refractivity (Wildman–Crippen MR) is 78.9 cm³/mol. The van der Waals surface area contributed by atoms with E-state index in [4.69, 9.17) is 5.73 Å². The Morgan fingerprint density at radius 2 is 1.48 bits per heavy atom. The first-order valence-electron chi connectivity index (χ1n) is 8.15. The fourth-order valence-electron chi connectivity index (χ4n) is 3.94. The molecule has 1 aliphatic heterocycles. The van der Waals surface area contributed by atoms with Gasteiger partial charge in [0.2, 0.25) is 0 Å². The number of nitrogens with two attached hydrogens (primary N) is 1. The van der Waals surface area contributed by atoms with Crippen molar-refractivity contribution in [3.63, 3.8) is 0 Å². The Morgan fingerprint density at radius 3 is 1.95 bits per heavy atom. The van der Waals surface area contributed by atoms with E-state index >= 15 is 0 Å². The van der Waals surface area contributed by atoms with Crippen molar-refractivity contribution in [3.05, 3.63) is 0 Å². The smallest absolute Gasteiger partial charge is 0.326 e. The van der Waals surface area contributed by atoms with E-state index in [0.29, 0.717) is 19.0 Å². The Kier molecular flexibility index (Phi) is 4.94. The Labute approximate surface area is 126 Å². The van der Waals surface area contributed by atoms with E-state index in [0.717, 1.165) is 19.3 Å². The summed E-state index contributed by atoms with van der Waals surface area (Å²) in [5, 5.41) is 0. The number of hydrogen-bond donors (Lipinski definition) is 1. The molecule has 2 aliphatic rings. The summed E-state index contributed by atoms with van der Waals surface area (Å²) < 4.78 is 38.3. The number of halogens is 3. The maximum Gasteiger partial charge on any atom is 0.391 e. The van der Waals surface area contributed by atoms with Crippen LogP contribution < -0.4 is 5.73 Å². The van der Waals surface area contributed by atoms with Crippen LogP contribution in [-0.2, 0) is 0 Å². The second-order valence-corrected chi connectivity index (χ2v) is 7.96. The van der Waals surface area contributed by atoms with Crippen molar-refractivity contribution < 1.29 is 13.2 Å². The van der Waals surface area contributed by atoms with Crippen LogP contribution >= 0.6 is 0 Å². The fourth-order valence-corrected chi connectivity index (χ4v) is 3.94. The lowest BCUT2D eigenvalue weighted by molar-refractivity contribution is -0.186. The highest BCUT2D eigenvalue weighted by molar-refractivity contribution is 4.94. The van der Waals surface area contributed by atoms with Crippen LogP contribution in [0.3, 0.4) is 0 Å². The van der Waals surface area contributed by atoms with Crippen LogP contribution in [0.15, 0.2) is 0 Å². The third-order valence-corrected chi connectivity index (χ3v) is 5.55. The number of piperidine rings is 1. The van der Waals surface area contributed by atoms with Gasteiger partial charge >= 0.3 is 6.18 Å². The van der Waals surface area contributed by atoms with Crippen molar-refractivity contribution in [2.75, 3.05) is 13.1 Å². The zero-order chi connectivity index (χ0) is 15.8. The molecular weight excluding hydrogens is 277 g/mol. The van der Waals surface area contributed by atoms with Gasteiger partial charge in [0.05, 0.1) is 5.92 Å². The average molecular weight is 306 g/mol. The Bertz CT molecular complexity index is 340. The summed E-state index contributed by atoms with van der Waals surface area (Å²) >= 11 is 0. The molecule has 0 radical (unpaired) electrons. The van der Waals surface area contributed by atoms with Gasteiger partial charge in [0.25, 0.3) is 0 Å². The molecule has 1 aliphatic carbocycles. The molecule has 2 nitrogen and oxygen atoms in total. The lowest BCUT2D eigenvalue weighted by atomic mass is 9.69. The van der Waals surface area contributed by atoms with Gasteiger partial charge in [0.1, 0.15) is 0 Å². The highest BCUT2D eigenvalue weighted by Crippen LogP contribution is 2.41. The van der Waals surface area contributed by atoms with Crippen LogP contribution in [0.1, 0.15) is 52.9 Å². The normalized spacial score (nSPS) is 34.1. The maximum atomic E-state index is 12.8. The van der Waals surface area contributed by atoms with Crippen LogP contribution in [0.4, 0.5) is 13.2 Å². The topological polar surface area (TPSA) is 29.3 Å². The number of hydrogen-bond acceptors (Lipinski definition) is 2. The predicted octanol–water partition coefficient (Wildman–Crippen LogP) is 3.80. The summed E-state index contributed by atoms with van der Waals surface area (Å²) in [6.45, 7) is 7.84. The van der Waals surface area contributed by atoms with Crippen LogP contribution in [0.25, 0.3) is 0 Å². The van der Waals surface area contributed by atoms with Crippen LogP contribution in [0.5, 0.6) is 0 Å². The molecule has 21 heavy (non-hydrogen) atoms. The molecule has 0 amide bonds. The summed E-state index contributed by atoms with van der Waals surface area (Å²) in [5.41, 5.74) is 6.52. The minimum Gasteiger partial charge on any atom is -0.326 e. The van der Waals surface area contributed by atoms with Gasteiger partial charge in [-0.15, -0.1) is 0 Å². The van der Waals surface area contributed by atoms with E-state index in [1.54, 1.807) is 0 Å². The Balaban J connectivity index is 1.95. The van der Waals surface area contributed by atoms with E-state index in [1.807, 2.05) is 0 Å². The van der Waals surface area contributed by atoms with Crippen molar-refractivity contribution in [2.24, 2.45) is 23.0 Å². The van der Waals surface area contributed by atoms with Crippen molar-refractivity contribution in [3.8, 4) is 0 Å². The third kappa shape index (κ3) is 4.13. The first-order chi connectivity index (χ1) is 9.59. The molecule has 2 N–H and O–H groups in total. The molecule has 3 unspecified atom stereocenters. The average Bonchev–Trinajstić information content (AvgIpc) is 2.37. The van der Waals surface area contributed by atoms with Gasteiger partial charge in [0, 0.05) is 12.1 Å². The molecule has 2 fully saturated rings. The Hall–Kier alpha value is -0.290. The first-order valence-corrected chi connectivity index (χ1v) is 8.15. The molecular formula is C16H29F3N2. The highest BCUT2D eigenvalue weighted by atomic mass is 19.4. The molecule has 0 spiro atoms. The second kappa shape index (κ2) is 6.07. The van der Waals surface area contributed by atoms with Crippen LogP contribution in [0.2, 0.25) is 0 Å². The summed E-state index contributed by atoms with van der Waals surface area (Å²) in [4.78, 5) is 2.23. The van der Waals surface area contributed by atoms with E-state index in [2.05, 4.69) is 25.7 Å². The number of nitrogens with zero attached hydrogens (tertiary/aromatic N) is 1. The minimum absolute atomic E-state index is 0.117. The fraction of sp³-hybridized carbons (Fsp3) is 1.00. The summed E-state index contributed by atoms with van der Waals surface area (Å²) in [5.74, 6) is -0.505. The molecule has 1 saturated carbocycles. The van der Waals surface area contributed by atoms with Gasteiger partial charge in [-0.05, 0) is 56.5 Å². The molecule has 1 heterocycles. The quantitative estimate of drug-likeness (QED) is 0.798. The molecule has 0 aromatic rings. The Morgan fingerprint density at radius 1 is 0.905 bits per heavy atom. The van der Waals surface area contributed by atoms with Gasteiger partial charge in [-0.1, -0.05) is 20.8 Å². The van der Waals surface area contributed by atoms with Gasteiger partial charge in [-0.3, -0.25) is 4.90 Å². The van der Waals surface area contributed by atoms with E-state index in [9.17, 15) is 13.2 Å². The van der Waals surface area contributed by atoms with Gasteiger partial charge < -0.3 is 5.73 Å². The zero-order valence-corrected chi connectivity index (χ0v) is 13.4. The summed E-state index contributed by atoms with van der Waals surface area (Å²) in [7, 11) is 0. The van der Waals surface area contributed by atoms with Gasteiger partial charge in [-0.25, -0.2) is 0 Å². The van der Waals surface area contributed by atoms with Crippen molar-refractivity contribution in [1.29, 1.82) is 0 Å². The molecule has 0 aromatic carbocycles. The van der Waals surface area contributed by atoms with Crippen molar-refractivity contribution in [2.45, 2.75) is 71.1 Å². The van der Waals surface area contributed by atoms with Crippen LogP contribution in [0, 0.1) is 17.3 Å². The molecule has 0 bridgehead atoms. The number of alkyl halides is 3. The monoisotopic (exact) mass is 306 g/mol. The first kappa shape index (κ1) is 17.1. The van der Waals surface area contributed by atoms with Gasteiger partial charge in [0.15, 0.2) is 0 Å². The summed E-state index contributed by atoms with van der Waals surface area (Å²) in [6, 6.07) is 0.378. The van der Waals surface area contributed by atoms with Crippen molar-refractivity contribution >= 4 is 0 Å². The lowest BCUT2D eigenvalue weighted by Crippen LogP contribution is -2.55. The zero-order valence-electron chi connectivity index (χ0n) is 13.4. The molecule has 1 saturated heterocycles. The molecule has 0 aromatic heterocycles. The minimum atomic E-state index is -4.03. The number of rotatable bonds is 1. The molecule has 2 rings (SSSR count). The SMILES string of the molecule is CC(C)(C)C1CCC(N)C(N2CCC(C(F)(F)F)CC2)C1. The third-order valence-electron chi connectivity index (χ3n) is 5.55. The lowest BCUT2D eigenvalue weighted by Gasteiger charge is -2.47. The molecule has 3 atom stereocenters. The standard InChI is InChI=1S/C16H29F3N2/c1-15(2,3)12-4-5-13(20)14(10-12)21-8-6-11(7-9-21)16(17,18)19/h11-14H,4-10,20H2,1-3H3. The van der Waals surface area contributed by atoms with E-state index in [1.165, 1.54) is 0 Å². The second-order valence-electron chi connectivity index (χ2n) is 7.96. The van der Waals surface area contributed by atoms with Crippen LogP contribution in [-0.4, -0.2) is 36.2 Å². The number of likely N-dealkylation sites (tertiary alicyclic amines) is 1. The van der Waals surface area contributed by atoms with E-state index < -0.39 is 12.1 Å². The van der Waals surface area contributed by atoms with E-state index in [-0.39, 0.29) is 30.3 Å². The van der Waals surface area contributed by atoms with Crippen molar-refractivity contribution in [1.82, 2.24) is 4.90 Å². The maximum absolute atomic E-state index is 12.8. The molecule has 5 heteroatoms. The largest absolute Gasteiger partial charge is 0.391 e. The molecule has 124 valence electrons.